The summed E-state index contributed by atoms with van der Waals surface area (Å²) in [5.41, 5.74) is 1.32. The highest BCUT2D eigenvalue weighted by molar-refractivity contribution is 7.07. The number of thiophene rings is 1. The molecular formula is C23H26N2O6S. The van der Waals surface area contributed by atoms with Crippen molar-refractivity contribution in [3.05, 3.63) is 57.8 Å². The highest BCUT2D eigenvalue weighted by Crippen LogP contribution is 2.26. The standard InChI is InChI=1S/C23H26N2O6S/c1-2-31-23(30)18(9-5-6-11-26)24-20(27)19(13-15-10-12-32-14-15)25-21(28)16-7-3-4-8-17(16)22(25)29/h3-4,7-8,10,12,14,18-19,26H,2,5-6,9,11,13H2,1H3,(H,24,27). The second-order valence-corrected chi connectivity index (χ2v) is 8.19. The summed E-state index contributed by atoms with van der Waals surface area (Å²) in [4.78, 5) is 52.8. The summed E-state index contributed by atoms with van der Waals surface area (Å²) >= 11 is 1.45. The lowest BCUT2D eigenvalue weighted by Gasteiger charge is -2.27. The van der Waals surface area contributed by atoms with Crippen molar-refractivity contribution in [3.63, 3.8) is 0 Å². The molecule has 8 nitrogen and oxygen atoms in total. The smallest absolute Gasteiger partial charge is 0.328 e. The Labute approximate surface area is 190 Å². The minimum atomic E-state index is -1.12. The van der Waals surface area contributed by atoms with Crippen molar-refractivity contribution in [1.82, 2.24) is 10.2 Å². The number of hydrogen-bond acceptors (Lipinski definition) is 7. The molecule has 9 heteroatoms. The second-order valence-electron chi connectivity index (χ2n) is 7.41. The van der Waals surface area contributed by atoms with Crippen molar-refractivity contribution in [2.24, 2.45) is 0 Å². The van der Waals surface area contributed by atoms with Crippen LogP contribution in [0.15, 0.2) is 41.1 Å². The Hall–Kier alpha value is -3.04. The number of hydrogen-bond donors (Lipinski definition) is 2. The number of amides is 3. The van der Waals surface area contributed by atoms with Gasteiger partial charge in [-0.25, -0.2) is 4.79 Å². The summed E-state index contributed by atoms with van der Waals surface area (Å²) in [5, 5.41) is 15.4. The van der Waals surface area contributed by atoms with Crippen molar-refractivity contribution in [3.8, 4) is 0 Å². The van der Waals surface area contributed by atoms with E-state index in [0.717, 1.165) is 10.5 Å². The lowest BCUT2D eigenvalue weighted by atomic mass is 10.0. The Morgan fingerprint density at radius 2 is 1.81 bits per heavy atom. The maximum Gasteiger partial charge on any atom is 0.328 e. The molecule has 2 aromatic rings. The van der Waals surface area contributed by atoms with Gasteiger partial charge in [0.2, 0.25) is 5.91 Å². The molecule has 0 saturated heterocycles. The van der Waals surface area contributed by atoms with E-state index in [-0.39, 0.29) is 37.2 Å². The van der Waals surface area contributed by atoms with Gasteiger partial charge in [0, 0.05) is 13.0 Å². The second kappa shape index (κ2) is 11.0. The third kappa shape index (κ3) is 5.23. The van der Waals surface area contributed by atoms with Crippen LogP contribution in [0.3, 0.4) is 0 Å². The molecule has 2 unspecified atom stereocenters. The average molecular weight is 459 g/mol. The van der Waals surface area contributed by atoms with Crippen molar-refractivity contribution in [2.75, 3.05) is 13.2 Å². The van der Waals surface area contributed by atoms with Gasteiger partial charge < -0.3 is 15.2 Å². The topological polar surface area (TPSA) is 113 Å². The lowest BCUT2D eigenvalue weighted by Crippen LogP contribution is -2.54. The van der Waals surface area contributed by atoms with Gasteiger partial charge in [0.1, 0.15) is 12.1 Å². The Morgan fingerprint density at radius 3 is 2.38 bits per heavy atom. The summed E-state index contributed by atoms with van der Waals surface area (Å²) in [5.74, 6) is -2.26. The van der Waals surface area contributed by atoms with Crippen LogP contribution in [0.25, 0.3) is 0 Å². The number of carbonyl (C=O) groups is 4. The number of aliphatic hydroxyl groups is 1. The molecule has 2 atom stereocenters. The zero-order valence-corrected chi connectivity index (χ0v) is 18.6. The molecule has 0 spiro atoms. The van der Waals surface area contributed by atoms with Crippen LogP contribution in [0.2, 0.25) is 0 Å². The SMILES string of the molecule is CCOC(=O)C(CCCCO)NC(=O)C(Cc1ccsc1)N1C(=O)c2ccccc2C1=O. The van der Waals surface area contributed by atoms with Gasteiger partial charge in [-0.05, 0) is 60.7 Å². The normalized spacial score (nSPS) is 14.8. The Balaban J connectivity index is 1.86. The minimum Gasteiger partial charge on any atom is -0.464 e. The van der Waals surface area contributed by atoms with Gasteiger partial charge in [0.15, 0.2) is 0 Å². The summed E-state index contributed by atoms with van der Waals surface area (Å²) in [6.45, 7) is 1.80. The number of nitrogens with one attached hydrogen (secondary N) is 1. The Kier molecular flexibility index (Phi) is 8.13. The van der Waals surface area contributed by atoms with Crippen LogP contribution in [0.5, 0.6) is 0 Å². The van der Waals surface area contributed by atoms with E-state index >= 15 is 0 Å². The van der Waals surface area contributed by atoms with Crippen LogP contribution in [0.1, 0.15) is 52.5 Å². The van der Waals surface area contributed by atoms with Crippen LogP contribution in [-0.2, 0) is 20.7 Å². The molecule has 1 aliphatic rings. The number of ether oxygens (including phenoxy) is 1. The molecule has 32 heavy (non-hydrogen) atoms. The third-order valence-electron chi connectivity index (χ3n) is 5.24. The minimum absolute atomic E-state index is 0.0285. The number of aliphatic hydroxyl groups excluding tert-OH is 1. The summed E-state index contributed by atoms with van der Waals surface area (Å²) in [6, 6.07) is 6.23. The highest BCUT2D eigenvalue weighted by atomic mass is 32.1. The van der Waals surface area contributed by atoms with Crippen LogP contribution in [0, 0.1) is 0 Å². The number of rotatable bonds is 11. The predicted molar refractivity (Wildman–Crippen MR) is 118 cm³/mol. The molecule has 1 aliphatic heterocycles. The van der Waals surface area contributed by atoms with Crippen LogP contribution >= 0.6 is 11.3 Å². The number of fused-ring (bicyclic) bond motifs is 1. The van der Waals surface area contributed by atoms with Gasteiger partial charge in [0.25, 0.3) is 11.8 Å². The Bertz CT molecular complexity index is 940. The monoisotopic (exact) mass is 458 g/mol. The number of imide groups is 1. The molecule has 3 amide bonds. The van der Waals surface area contributed by atoms with Crippen molar-refractivity contribution in [1.29, 1.82) is 0 Å². The molecular weight excluding hydrogens is 432 g/mol. The zero-order chi connectivity index (χ0) is 23.1. The first-order valence-corrected chi connectivity index (χ1v) is 11.5. The summed E-state index contributed by atoms with van der Waals surface area (Å²) in [7, 11) is 0. The van der Waals surface area contributed by atoms with E-state index in [4.69, 9.17) is 9.84 Å². The number of benzene rings is 1. The number of esters is 1. The fraction of sp³-hybridized carbons (Fsp3) is 0.391. The Morgan fingerprint density at radius 1 is 1.12 bits per heavy atom. The summed E-state index contributed by atoms with van der Waals surface area (Å²) in [6.07, 6.45) is 1.39. The molecule has 0 bridgehead atoms. The van der Waals surface area contributed by atoms with E-state index in [1.165, 1.54) is 11.3 Å². The van der Waals surface area contributed by atoms with Crippen LogP contribution < -0.4 is 5.32 Å². The molecule has 1 aromatic heterocycles. The first-order valence-electron chi connectivity index (χ1n) is 10.5. The van der Waals surface area contributed by atoms with E-state index < -0.39 is 35.8 Å². The third-order valence-corrected chi connectivity index (χ3v) is 5.97. The molecule has 170 valence electrons. The van der Waals surface area contributed by atoms with Gasteiger partial charge >= 0.3 is 5.97 Å². The summed E-state index contributed by atoms with van der Waals surface area (Å²) < 4.78 is 5.08. The van der Waals surface area contributed by atoms with E-state index in [9.17, 15) is 19.2 Å². The highest BCUT2D eigenvalue weighted by Gasteiger charge is 2.43. The van der Waals surface area contributed by atoms with Gasteiger partial charge in [0.05, 0.1) is 17.7 Å². The van der Waals surface area contributed by atoms with Gasteiger partial charge in [-0.1, -0.05) is 12.1 Å². The largest absolute Gasteiger partial charge is 0.464 e. The first-order chi connectivity index (χ1) is 15.5. The van der Waals surface area contributed by atoms with Crippen molar-refractivity contribution >= 4 is 35.0 Å². The molecule has 0 radical (unpaired) electrons. The van der Waals surface area contributed by atoms with E-state index in [0.29, 0.717) is 12.8 Å². The molecule has 0 saturated carbocycles. The number of unbranched alkanes of at least 4 members (excludes halogenated alkanes) is 1. The zero-order valence-electron chi connectivity index (χ0n) is 17.8. The van der Waals surface area contributed by atoms with E-state index in [1.807, 2.05) is 16.8 Å². The first kappa shape index (κ1) is 23.6. The predicted octanol–water partition coefficient (Wildman–Crippen LogP) is 2.17. The molecule has 2 heterocycles. The fourth-order valence-corrected chi connectivity index (χ4v) is 4.33. The van der Waals surface area contributed by atoms with Crippen LogP contribution in [0.4, 0.5) is 0 Å². The number of carbonyl (C=O) groups excluding carboxylic acids is 4. The van der Waals surface area contributed by atoms with Gasteiger partial charge in [-0.3, -0.25) is 19.3 Å². The van der Waals surface area contributed by atoms with Gasteiger partial charge in [-0.2, -0.15) is 11.3 Å². The molecule has 0 aliphatic carbocycles. The average Bonchev–Trinajstić information content (AvgIpc) is 3.39. The maximum absolute atomic E-state index is 13.3. The lowest BCUT2D eigenvalue weighted by molar-refractivity contribution is -0.148. The van der Waals surface area contributed by atoms with E-state index in [1.54, 1.807) is 31.2 Å². The number of nitrogens with zero attached hydrogens (tertiary/aromatic N) is 1. The molecule has 3 rings (SSSR count). The van der Waals surface area contributed by atoms with Crippen molar-refractivity contribution < 1.29 is 29.0 Å². The molecule has 2 N–H and O–H groups in total. The van der Waals surface area contributed by atoms with Crippen molar-refractivity contribution in [2.45, 2.75) is 44.7 Å². The van der Waals surface area contributed by atoms with Gasteiger partial charge in [-0.15, -0.1) is 0 Å². The maximum atomic E-state index is 13.3. The quantitative estimate of drug-likeness (QED) is 0.303. The fourth-order valence-electron chi connectivity index (χ4n) is 3.64. The molecule has 0 fully saturated rings. The van der Waals surface area contributed by atoms with Crippen LogP contribution in [-0.4, -0.2) is 59.0 Å². The molecule has 1 aromatic carbocycles. The van der Waals surface area contributed by atoms with E-state index in [2.05, 4.69) is 5.32 Å².